The van der Waals surface area contributed by atoms with Crippen LogP contribution in [0.25, 0.3) is 0 Å². The van der Waals surface area contributed by atoms with Gasteiger partial charge in [0.05, 0.1) is 0 Å². The average Bonchev–Trinajstić information content (AvgIpc) is 2.64. The number of allylic oxidation sites excluding steroid dienone is 1. The minimum atomic E-state index is -4.58. The lowest BCUT2D eigenvalue weighted by molar-refractivity contribution is -0.218. The largest absolute Gasteiger partial charge is 0.444 e. The number of benzene rings is 2. The number of rotatable bonds is 3. The van der Waals surface area contributed by atoms with Crippen LogP contribution in [-0.2, 0) is 11.3 Å². The molecule has 0 radical (unpaired) electrons. The summed E-state index contributed by atoms with van der Waals surface area (Å²) in [5.41, 5.74) is 0.322. The predicted molar refractivity (Wildman–Crippen MR) is 91.7 cm³/mol. The van der Waals surface area contributed by atoms with E-state index in [1.165, 1.54) is 24.3 Å². The van der Waals surface area contributed by atoms with Gasteiger partial charge in [-0.1, -0.05) is 60.1 Å². The molecule has 142 valence electrons. The maximum atomic E-state index is 14.6. The Kier molecular flexibility index (Phi) is 5.15. The highest BCUT2D eigenvalue weighted by Crippen LogP contribution is 2.51. The molecule has 0 saturated carbocycles. The average molecular weight is 400 g/mol. The second kappa shape index (κ2) is 7.23. The second-order valence-electron chi connectivity index (χ2n) is 5.93. The van der Waals surface area contributed by atoms with Gasteiger partial charge in [-0.05, 0) is 17.2 Å². The predicted octanol–water partition coefficient (Wildman–Crippen LogP) is 5.82. The fraction of sp³-hybridized carbons (Fsp3) is 0.211. The Labute approximate surface area is 157 Å². The molecule has 27 heavy (non-hydrogen) atoms. The Hall–Kier alpha value is -2.54. The Morgan fingerprint density at radius 3 is 2.33 bits per heavy atom. The van der Waals surface area contributed by atoms with E-state index >= 15 is 0 Å². The molecule has 0 aliphatic carbocycles. The summed E-state index contributed by atoms with van der Waals surface area (Å²) in [6, 6.07) is 11.5. The number of nitrogens with zero attached hydrogens (tertiary/aromatic N) is 1. The van der Waals surface area contributed by atoms with Crippen molar-refractivity contribution in [1.82, 2.24) is 4.90 Å². The van der Waals surface area contributed by atoms with Crippen LogP contribution in [0.1, 0.15) is 17.2 Å². The van der Waals surface area contributed by atoms with Gasteiger partial charge in [-0.25, -0.2) is 4.79 Å². The van der Waals surface area contributed by atoms with Crippen LogP contribution < -0.4 is 0 Å². The molecule has 1 heterocycles. The molecule has 3 nitrogen and oxygen atoms in total. The fourth-order valence-electron chi connectivity index (χ4n) is 2.73. The zero-order chi connectivity index (χ0) is 19.7. The van der Waals surface area contributed by atoms with Gasteiger partial charge in [0.2, 0.25) is 0 Å². The number of amides is 1. The highest BCUT2D eigenvalue weighted by Gasteiger charge is 2.65. The van der Waals surface area contributed by atoms with Gasteiger partial charge in [-0.2, -0.15) is 17.6 Å². The summed E-state index contributed by atoms with van der Waals surface area (Å²) in [5.74, 6) is -9.04. The number of carbonyl (C=O) groups excluding carboxylic acids is 1. The number of alkyl halides is 4. The van der Waals surface area contributed by atoms with Crippen LogP contribution in [0.15, 0.2) is 66.9 Å². The molecule has 0 aromatic heterocycles. The quantitative estimate of drug-likeness (QED) is 0.609. The lowest BCUT2D eigenvalue weighted by atomic mass is 9.92. The summed E-state index contributed by atoms with van der Waals surface area (Å²) in [4.78, 5) is 12.8. The molecule has 0 saturated heterocycles. The molecule has 0 fully saturated rings. The van der Waals surface area contributed by atoms with Gasteiger partial charge < -0.3 is 4.74 Å². The zero-order valence-corrected chi connectivity index (χ0v) is 14.5. The molecule has 3 rings (SSSR count). The maximum Gasteiger partial charge on any atom is 0.414 e. The minimum Gasteiger partial charge on any atom is -0.444 e. The van der Waals surface area contributed by atoms with Gasteiger partial charge in [0.15, 0.2) is 0 Å². The first-order chi connectivity index (χ1) is 12.7. The summed E-state index contributed by atoms with van der Waals surface area (Å²) < 4.78 is 61.9. The Morgan fingerprint density at radius 1 is 1.04 bits per heavy atom. The lowest BCUT2D eigenvalue weighted by Gasteiger charge is -2.40. The van der Waals surface area contributed by atoms with Crippen molar-refractivity contribution in [1.29, 1.82) is 0 Å². The number of hydrogen-bond donors (Lipinski definition) is 0. The summed E-state index contributed by atoms with van der Waals surface area (Å²) in [6.45, 7) is -0.193. The fourth-order valence-corrected chi connectivity index (χ4v) is 2.97. The zero-order valence-electron chi connectivity index (χ0n) is 13.8. The van der Waals surface area contributed by atoms with Crippen molar-refractivity contribution >= 4 is 17.7 Å². The third kappa shape index (κ3) is 3.64. The van der Waals surface area contributed by atoms with Crippen molar-refractivity contribution in [2.24, 2.45) is 0 Å². The molecular weight excluding hydrogens is 386 g/mol. The van der Waals surface area contributed by atoms with Gasteiger partial charge >= 0.3 is 17.9 Å². The molecule has 0 spiro atoms. The third-order valence-corrected chi connectivity index (χ3v) is 4.47. The summed E-state index contributed by atoms with van der Waals surface area (Å²) in [7, 11) is 0. The standard InChI is InChI=1S/C19H14ClF4NO2/c20-15-9-5-4-8-14(15)16-19(23,24)18(21,22)10-11-25(16)17(26)27-12-13-6-2-1-3-7-13/h1-11,16H,12H2. The van der Waals surface area contributed by atoms with E-state index in [1.807, 2.05) is 0 Å². The number of hydrogen-bond acceptors (Lipinski definition) is 2. The van der Waals surface area contributed by atoms with Gasteiger partial charge in [0.25, 0.3) is 0 Å². The molecule has 1 unspecified atom stereocenters. The van der Waals surface area contributed by atoms with Gasteiger partial charge in [-0.3, -0.25) is 4.90 Å². The van der Waals surface area contributed by atoms with E-state index in [0.29, 0.717) is 16.7 Å². The van der Waals surface area contributed by atoms with Crippen molar-refractivity contribution in [3.63, 3.8) is 0 Å². The van der Waals surface area contributed by atoms with Gasteiger partial charge in [0, 0.05) is 17.3 Å². The van der Waals surface area contributed by atoms with Gasteiger partial charge in [0.1, 0.15) is 12.6 Å². The Bertz CT molecular complexity index is 858. The van der Waals surface area contributed by atoms with E-state index < -0.39 is 24.0 Å². The van der Waals surface area contributed by atoms with E-state index in [2.05, 4.69) is 0 Å². The van der Waals surface area contributed by atoms with Crippen LogP contribution >= 0.6 is 11.6 Å². The highest BCUT2D eigenvalue weighted by atomic mass is 35.5. The van der Waals surface area contributed by atoms with E-state index in [-0.39, 0.29) is 23.3 Å². The molecule has 1 amide bonds. The Balaban J connectivity index is 1.94. The summed E-state index contributed by atoms with van der Waals surface area (Å²) in [6.07, 6.45) is -0.585. The second-order valence-corrected chi connectivity index (χ2v) is 6.34. The van der Waals surface area contributed by atoms with Crippen LogP contribution in [0.2, 0.25) is 5.02 Å². The lowest BCUT2D eigenvalue weighted by Crippen LogP contribution is -2.54. The molecule has 1 aliphatic heterocycles. The molecule has 0 N–H and O–H groups in total. The summed E-state index contributed by atoms with van der Waals surface area (Å²) in [5, 5.41) is -0.158. The first kappa shape index (κ1) is 19.2. The minimum absolute atomic E-state index is 0.00980. The highest BCUT2D eigenvalue weighted by molar-refractivity contribution is 6.31. The monoisotopic (exact) mass is 399 g/mol. The van der Waals surface area contributed by atoms with E-state index in [0.717, 1.165) is 0 Å². The van der Waals surface area contributed by atoms with Crippen molar-refractivity contribution < 1.29 is 27.1 Å². The SMILES string of the molecule is O=C(OCc1ccccc1)N1C=CC(F)(F)C(F)(F)C1c1ccccc1Cl. The molecule has 1 atom stereocenters. The van der Waals surface area contributed by atoms with E-state index in [9.17, 15) is 22.4 Å². The molecule has 1 aliphatic rings. The normalized spacial score (nSPS) is 20.3. The molecule has 8 heteroatoms. The summed E-state index contributed by atoms with van der Waals surface area (Å²) >= 11 is 5.94. The first-order valence-electron chi connectivity index (χ1n) is 7.92. The van der Waals surface area contributed by atoms with Crippen LogP contribution in [-0.4, -0.2) is 22.8 Å². The molecule has 0 bridgehead atoms. The number of ether oxygens (including phenoxy) is 1. The number of halogens is 5. The molecule has 2 aromatic rings. The van der Waals surface area contributed by atoms with Gasteiger partial charge in [-0.15, -0.1) is 0 Å². The van der Waals surface area contributed by atoms with Crippen LogP contribution in [0.3, 0.4) is 0 Å². The smallest absolute Gasteiger partial charge is 0.414 e. The van der Waals surface area contributed by atoms with Crippen LogP contribution in [0.5, 0.6) is 0 Å². The van der Waals surface area contributed by atoms with E-state index in [1.54, 1.807) is 30.3 Å². The van der Waals surface area contributed by atoms with Crippen LogP contribution in [0, 0.1) is 0 Å². The van der Waals surface area contributed by atoms with Crippen molar-refractivity contribution in [2.75, 3.05) is 0 Å². The van der Waals surface area contributed by atoms with Crippen LogP contribution in [0.4, 0.5) is 22.4 Å². The van der Waals surface area contributed by atoms with Crippen molar-refractivity contribution in [3.05, 3.63) is 83.0 Å². The van der Waals surface area contributed by atoms with Crippen molar-refractivity contribution in [2.45, 2.75) is 24.5 Å². The first-order valence-corrected chi connectivity index (χ1v) is 8.30. The van der Waals surface area contributed by atoms with E-state index in [4.69, 9.17) is 16.3 Å². The Morgan fingerprint density at radius 2 is 1.67 bits per heavy atom. The maximum absolute atomic E-state index is 14.6. The number of carbonyl (C=O) groups is 1. The molecule has 2 aromatic carbocycles. The topological polar surface area (TPSA) is 29.5 Å². The third-order valence-electron chi connectivity index (χ3n) is 4.13. The van der Waals surface area contributed by atoms with Crippen molar-refractivity contribution in [3.8, 4) is 0 Å². The molecular formula is C19H14ClF4NO2.